The quantitative estimate of drug-likeness (QED) is 0.126. The predicted octanol–water partition coefficient (Wildman–Crippen LogP) is 4.74. The summed E-state index contributed by atoms with van der Waals surface area (Å²) < 4.78 is 53.2. The smallest absolute Gasteiger partial charge is 0.342 e. The van der Waals surface area contributed by atoms with Gasteiger partial charge in [-0.15, -0.1) is 5.10 Å². The van der Waals surface area contributed by atoms with Gasteiger partial charge in [-0.25, -0.2) is 4.39 Å². The van der Waals surface area contributed by atoms with E-state index in [9.17, 15) is 33.6 Å². The molecule has 5 aliphatic rings. The van der Waals surface area contributed by atoms with Crippen molar-refractivity contribution >= 4 is 69.8 Å². The van der Waals surface area contributed by atoms with E-state index >= 15 is 13.2 Å². The lowest BCUT2D eigenvalue weighted by atomic mass is 10.0. The van der Waals surface area contributed by atoms with Crippen LogP contribution >= 0.6 is 0 Å². The van der Waals surface area contributed by atoms with Crippen LogP contribution < -0.4 is 35.8 Å². The van der Waals surface area contributed by atoms with Gasteiger partial charge in [0.2, 0.25) is 17.7 Å². The number of benzene rings is 3. The van der Waals surface area contributed by atoms with Gasteiger partial charge in [0, 0.05) is 76.1 Å². The lowest BCUT2D eigenvalue weighted by Crippen LogP contribution is -2.54. The number of amides is 7. The average Bonchev–Trinajstić information content (AvgIpc) is 4.08. The highest BCUT2D eigenvalue weighted by atomic mass is 19.3. The van der Waals surface area contributed by atoms with E-state index in [-0.39, 0.29) is 65.2 Å². The second kappa shape index (κ2) is 19.6. The van der Waals surface area contributed by atoms with E-state index in [4.69, 9.17) is 4.74 Å². The van der Waals surface area contributed by atoms with Crippen molar-refractivity contribution in [2.45, 2.75) is 101 Å². The third kappa shape index (κ3) is 9.63. The Labute approximate surface area is 400 Å². The zero-order chi connectivity index (χ0) is 49.4. The van der Waals surface area contributed by atoms with Crippen LogP contribution in [0.15, 0.2) is 54.7 Å². The van der Waals surface area contributed by atoms with Crippen LogP contribution in [0.4, 0.5) is 41.6 Å². The molecule has 70 heavy (non-hydrogen) atoms. The number of likely N-dealkylation sites (tertiary alicyclic amines) is 1. The van der Waals surface area contributed by atoms with Crippen LogP contribution in [-0.2, 0) is 32.3 Å². The number of hydrogen-bond donors (Lipinski definition) is 4. The zero-order valence-corrected chi connectivity index (χ0v) is 38.6. The summed E-state index contributed by atoms with van der Waals surface area (Å²) in [7, 11) is 2.73. The molecule has 22 heteroatoms. The normalized spacial score (nSPS) is 19.8. The highest BCUT2D eigenvalue weighted by Gasteiger charge is 2.49. The summed E-state index contributed by atoms with van der Waals surface area (Å²) in [6.45, 7) is 1.36. The molecule has 1 unspecified atom stereocenters. The number of methoxy groups -OCH3 is 1. The number of aryl methyl sites for hydroxylation is 1. The van der Waals surface area contributed by atoms with Gasteiger partial charge in [-0.2, -0.15) is 8.78 Å². The molecule has 3 fully saturated rings. The van der Waals surface area contributed by atoms with Crippen molar-refractivity contribution in [1.29, 1.82) is 0 Å². The highest BCUT2D eigenvalue weighted by Crippen LogP contribution is 2.43. The molecule has 5 heterocycles. The number of nitrogens with one attached hydrogen (secondary N) is 4. The monoisotopic (exact) mass is 967 g/mol. The standard InChI is InChI=1S/C48H52F3N11O8/c1-58-36-13-12-28(21-38(36)61(30-7-3-4-8-30)26-48(50,51)47(58)69)52-35-23-33(49)32(22-39(35)70-2)43(65)53-27-16-19-59(20-17-27)24-29-25-60(57-56-29)18-6-11-40(63)54-34-10-5-9-31-42(34)46(68)62(45(31)67)37-14-15-41(64)55-44(37)66/h5,9-10,12-13,21-23,25,27,30,37,52H,3-4,6-8,11,14-20,24,26H2,1-2H3,(H,53,65)(H,54,63)(H,55,64,66). The molecule has 9 rings (SSSR count). The second-order valence-corrected chi connectivity index (χ2v) is 18.3. The van der Waals surface area contributed by atoms with E-state index in [0.717, 1.165) is 41.5 Å². The molecule has 4 aliphatic heterocycles. The van der Waals surface area contributed by atoms with Crippen molar-refractivity contribution in [2.24, 2.45) is 0 Å². The first kappa shape index (κ1) is 47.7. The molecule has 4 N–H and O–H groups in total. The van der Waals surface area contributed by atoms with Crippen LogP contribution in [-0.4, -0.2) is 124 Å². The Balaban J connectivity index is 0.744. The van der Waals surface area contributed by atoms with Crippen molar-refractivity contribution in [3.05, 3.63) is 82.9 Å². The summed E-state index contributed by atoms with van der Waals surface area (Å²) in [4.78, 5) is 95.4. The minimum absolute atomic E-state index is 0.00614. The molecule has 7 amide bonds. The number of halogens is 3. The minimum Gasteiger partial charge on any atom is -0.495 e. The predicted molar refractivity (Wildman–Crippen MR) is 247 cm³/mol. The maximum atomic E-state index is 15.7. The van der Waals surface area contributed by atoms with Crippen LogP contribution in [0.25, 0.3) is 0 Å². The molecule has 368 valence electrons. The van der Waals surface area contributed by atoms with Gasteiger partial charge in [-0.1, -0.05) is 24.1 Å². The molecule has 3 aromatic carbocycles. The topological polar surface area (TPSA) is 221 Å². The molecule has 0 radical (unpaired) electrons. The number of alkyl halides is 2. The molecule has 0 bridgehead atoms. The molecule has 2 saturated heterocycles. The minimum atomic E-state index is -3.58. The number of carbonyl (C=O) groups is 7. The van der Waals surface area contributed by atoms with Gasteiger partial charge in [0.05, 0.1) is 58.8 Å². The molecular weight excluding hydrogens is 916 g/mol. The van der Waals surface area contributed by atoms with Crippen LogP contribution in [0.2, 0.25) is 0 Å². The number of piperidine rings is 2. The van der Waals surface area contributed by atoms with Crippen molar-refractivity contribution < 1.29 is 51.5 Å². The Morgan fingerprint density at radius 2 is 1.70 bits per heavy atom. The molecule has 1 aliphatic carbocycles. The van der Waals surface area contributed by atoms with Gasteiger partial charge in [0.15, 0.2) is 0 Å². The fraction of sp³-hybridized carbons (Fsp3) is 0.438. The number of fused-ring (bicyclic) bond motifs is 2. The Kier molecular flexibility index (Phi) is 13.3. The number of ether oxygens (including phenoxy) is 1. The third-order valence-electron chi connectivity index (χ3n) is 13.6. The number of hydrogen-bond acceptors (Lipinski definition) is 13. The summed E-state index contributed by atoms with van der Waals surface area (Å²) in [6, 6.07) is 10.3. The Morgan fingerprint density at radius 1 is 0.929 bits per heavy atom. The summed E-state index contributed by atoms with van der Waals surface area (Å²) in [5, 5.41) is 19.4. The fourth-order valence-electron chi connectivity index (χ4n) is 10.0. The molecule has 1 saturated carbocycles. The van der Waals surface area contributed by atoms with Gasteiger partial charge in [-0.3, -0.25) is 53.4 Å². The van der Waals surface area contributed by atoms with Crippen LogP contribution in [0, 0.1) is 5.82 Å². The van der Waals surface area contributed by atoms with Crippen molar-refractivity contribution in [1.82, 2.24) is 35.4 Å². The average molecular weight is 968 g/mol. The van der Waals surface area contributed by atoms with Gasteiger partial charge in [-0.05, 0) is 74.9 Å². The Bertz CT molecular complexity index is 2770. The molecule has 1 aromatic heterocycles. The number of rotatable bonds is 14. The zero-order valence-electron chi connectivity index (χ0n) is 38.6. The summed E-state index contributed by atoms with van der Waals surface area (Å²) in [6.07, 6.45) is 6.69. The first-order valence-corrected chi connectivity index (χ1v) is 23.4. The SMILES string of the molecule is COc1cc(C(=O)NC2CCN(Cc3cn(CCCC(=O)Nc4cccc5c4C(=O)N(C4CCC(=O)NC4=O)C5=O)nn3)CC2)c(F)cc1Nc1ccc2c(c1)N(C1CCCC1)CC(F)(F)C(=O)N2C. The number of anilines is 5. The summed E-state index contributed by atoms with van der Waals surface area (Å²) in [5.41, 5.74) is 2.19. The molecule has 1 atom stereocenters. The first-order valence-electron chi connectivity index (χ1n) is 23.4. The largest absolute Gasteiger partial charge is 0.495 e. The van der Waals surface area contributed by atoms with Crippen molar-refractivity contribution in [2.75, 3.05) is 54.2 Å². The lowest BCUT2D eigenvalue weighted by Gasteiger charge is -2.32. The van der Waals surface area contributed by atoms with E-state index in [1.165, 1.54) is 38.4 Å². The third-order valence-corrected chi connectivity index (χ3v) is 13.6. The highest BCUT2D eigenvalue weighted by molar-refractivity contribution is 6.26. The first-order chi connectivity index (χ1) is 33.6. The molecule has 4 aromatic rings. The van der Waals surface area contributed by atoms with Gasteiger partial charge >= 0.3 is 5.92 Å². The second-order valence-electron chi connectivity index (χ2n) is 18.3. The van der Waals surface area contributed by atoms with Crippen LogP contribution in [0.1, 0.15) is 101 Å². The van der Waals surface area contributed by atoms with Crippen LogP contribution in [0.3, 0.4) is 0 Å². The van der Waals surface area contributed by atoms with E-state index < -0.39 is 65.7 Å². The Morgan fingerprint density at radius 3 is 2.44 bits per heavy atom. The van der Waals surface area contributed by atoms with E-state index in [0.29, 0.717) is 68.2 Å². The van der Waals surface area contributed by atoms with E-state index in [1.54, 1.807) is 34.0 Å². The number of imide groups is 2. The lowest BCUT2D eigenvalue weighted by molar-refractivity contribution is -0.140. The number of nitrogens with zero attached hydrogens (tertiary/aromatic N) is 7. The summed E-state index contributed by atoms with van der Waals surface area (Å²) >= 11 is 0. The van der Waals surface area contributed by atoms with Crippen molar-refractivity contribution in [3.63, 3.8) is 0 Å². The number of aromatic nitrogens is 3. The van der Waals surface area contributed by atoms with Crippen molar-refractivity contribution in [3.8, 4) is 5.75 Å². The molecule has 0 spiro atoms. The molecular formula is C48H52F3N11O8. The van der Waals surface area contributed by atoms with E-state index in [1.807, 2.05) is 0 Å². The molecule has 19 nitrogen and oxygen atoms in total. The fourth-order valence-corrected chi connectivity index (χ4v) is 10.0. The van der Waals surface area contributed by atoms with Gasteiger partial charge < -0.3 is 30.5 Å². The number of carbonyl (C=O) groups excluding carboxylic acids is 7. The van der Waals surface area contributed by atoms with Crippen LogP contribution in [0.5, 0.6) is 5.75 Å². The van der Waals surface area contributed by atoms with Gasteiger partial charge in [0.1, 0.15) is 17.6 Å². The van der Waals surface area contributed by atoms with E-state index in [2.05, 4.69) is 36.5 Å². The van der Waals surface area contributed by atoms with Gasteiger partial charge in [0.25, 0.3) is 23.6 Å². The summed E-state index contributed by atoms with van der Waals surface area (Å²) in [5.74, 6) is -9.04. The maximum Gasteiger partial charge on any atom is 0.342 e. The Hall–Kier alpha value is -7.36. The maximum absolute atomic E-state index is 15.7.